The van der Waals surface area contributed by atoms with Crippen molar-refractivity contribution in [2.45, 2.75) is 136 Å². The first-order chi connectivity index (χ1) is 19.5. The van der Waals surface area contributed by atoms with Gasteiger partial charge in [0, 0.05) is 12.1 Å². The van der Waals surface area contributed by atoms with Crippen molar-refractivity contribution in [3.63, 3.8) is 0 Å². The normalized spacial score (nSPS) is 27.8. The highest BCUT2D eigenvalue weighted by molar-refractivity contribution is 5.83. The van der Waals surface area contributed by atoms with Crippen LogP contribution in [-0.4, -0.2) is 74.5 Å². The van der Waals surface area contributed by atoms with E-state index in [1.54, 1.807) is 27.7 Å². The molecule has 10 heteroatoms. The monoisotopic (exact) mass is 582 g/mol. The van der Waals surface area contributed by atoms with Crippen LogP contribution in [0, 0.1) is 10.8 Å². The third-order valence-corrected chi connectivity index (χ3v) is 8.61. The maximum absolute atomic E-state index is 12.5. The van der Waals surface area contributed by atoms with Crippen LogP contribution in [0.2, 0.25) is 0 Å². The molecule has 0 saturated heterocycles. The molecule has 0 aromatic carbocycles. The van der Waals surface area contributed by atoms with Gasteiger partial charge in [0.1, 0.15) is 12.1 Å². The molecule has 0 radical (unpaired) electrons. The summed E-state index contributed by atoms with van der Waals surface area (Å²) in [5.41, 5.74) is 0.399. The lowest BCUT2D eigenvalue weighted by molar-refractivity contribution is -0.152. The fourth-order valence-corrected chi connectivity index (χ4v) is 6.60. The van der Waals surface area contributed by atoms with Crippen molar-refractivity contribution in [2.24, 2.45) is 10.8 Å². The molecule has 0 spiro atoms. The molecule has 0 aromatic heterocycles. The largest absolute Gasteiger partial charge is 0.466 e. The Hall–Kier alpha value is -2.20. The Balaban J connectivity index is 1.89. The summed E-state index contributed by atoms with van der Waals surface area (Å²) in [5.74, 6) is -1.60. The first-order valence-electron chi connectivity index (χ1n) is 15.6. The van der Waals surface area contributed by atoms with E-state index in [0.717, 1.165) is 57.8 Å². The number of ether oxygens (including phenoxy) is 4. The van der Waals surface area contributed by atoms with Gasteiger partial charge in [-0.15, -0.1) is 0 Å². The second kappa shape index (κ2) is 17.0. The quantitative estimate of drug-likeness (QED) is 0.202. The maximum Gasteiger partial charge on any atom is 0.323 e. The number of hydrogen-bond donors (Lipinski definition) is 2. The van der Waals surface area contributed by atoms with Gasteiger partial charge in [0.15, 0.2) is 0 Å². The molecule has 2 saturated carbocycles. The molecule has 0 bridgehead atoms. The summed E-state index contributed by atoms with van der Waals surface area (Å²) in [6.45, 7) is 12.9. The van der Waals surface area contributed by atoms with E-state index in [2.05, 4.69) is 24.5 Å². The van der Waals surface area contributed by atoms with Crippen LogP contribution in [-0.2, 0) is 38.1 Å². The summed E-state index contributed by atoms with van der Waals surface area (Å²) < 4.78 is 20.5. The molecule has 41 heavy (non-hydrogen) atoms. The minimum atomic E-state index is -0.689. The van der Waals surface area contributed by atoms with Gasteiger partial charge in [0.05, 0.1) is 39.3 Å². The topological polar surface area (TPSA) is 129 Å². The van der Waals surface area contributed by atoms with Crippen LogP contribution in [0.4, 0.5) is 0 Å². The van der Waals surface area contributed by atoms with Gasteiger partial charge in [0.2, 0.25) is 0 Å². The van der Waals surface area contributed by atoms with E-state index in [1.165, 1.54) is 0 Å². The Labute approximate surface area is 246 Å². The van der Waals surface area contributed by atoms with Gasteiger partial charge >= 0.3 is 23.9 Å². The smallest absolute Gasteiger partial charge is 0.323 e. The highest BCUT2D eigenvalue weighted by Gasteiger charge is 2.41. The van der Waals surface area contributed by atoms with E-state index >= 15 is 0 Å². The lowest BCUT2D eigenvalue weighted by Gasteiger charge is -2.47. The second-order valence-corrected chi connectivity index (χ2v) is 12.3. The van der Waals surface area contributed by atoms with Crippen LogP contribution in [0.5, 0.6) is 0 Å². The summed E-state index contributed by atoms with van der Waals surface area (Å²) in [6.07, 6.45) is 8.98. The molecule has 2 N–H and O–H groups in total. The summed E-state index contributed by atoms with van der Waals surface area (Å²) in [5, 5.41) is 6.78. The molecule has 2 aliphatic carbocycles. The van der Waals surface area contributed by atoms with E-state index in [4.69, 9.17) is 18.9 Å². The summed E-state index contributed by atoms with van der Waals surface area (Å²) in [6, 6.07) is -1.07. The minimum Gasteiger partial charge on any atom is -0.466 e. The number of carbonyl (C=O) groups excluding carboxylic acids is 4. The second-order valence-electron chi connectivity index (χ2n) is 12.3. The molecule has 0 aromatic rings. The average Bonchev–Trinajstić information content (AvgIpc) is 2.91. The number of esters is 4. The lowest BCUT2D eigenvalue weighted by atomic mass is 9.61. The maximum atomic E-state index is 12.5. The van der Waals surface area contributed by atoms with Crippen molar-refractivity contribution in [3.05, 3.63) is 0 Å². The van der Waals surface area contributed by atoms with Crippen molar-refractivity contribution in [1.82, 2.24) is 10.6 Å². The molecule has 0 heterocycles. The SMILES string of the molecule is CCOC(=O)C[C@H](NC1CCC(C)(CC2(C)CCC(N[C@@H](CC(=O)OCC)C(=O)OCC)CC2)CC1)C(=O)OCC. The Morgan fingerprint density at radius 2 is 0.927 bits per heavy atom. The van der Waals surface area contributed by atoms with E-state index in [-0.39, 0.29) is 62.2 Å². The van der Waals surface area contributed by atoms with Crippen LogP contribution >= 0.6 is 0 Å². The van der Waals surface area contributed by atoms with E-state index in [9.17, 15) is 19.2 Å². The highest BCUT2D eigenvalue weighted by Crippen LogP contribution is 2.50. The molecule has 236 valence electrons. The molecule has 0 unspecified atom stereocenters. The Morgan fingerprint density at radius 3 is 1.22 bits per heavy atom. The number of hydrogen-bond acceptors (Lipinski definition) is 10. The van der Waals surface area contributed by atoms with E-state index in [0.29, 0.717) is 0 Å². The van der Waals surface area contributed by atoms with Crippen LogP contribution in [0.1, 0.15) is 112 Å². The number of carbonyl (C=O) groups is 4. The van der Waals surface area contributed by atoms with Crippen molar-refractivity contribution in [2.75, 3.05) is 26.4 Å². The Kier molecular flexibility index (Phi) is 14.6. The number of rotatable bonds is 16. The van der Waals surface area contributed by atoms with E-state index < -0.39 is 36.0 Å². The van der Waals surface area contributed by atoms with Crippen molar-refractivity contribution in [1.29, 1.82) is 0 Å². The predicted octanol–water partition coefficient (Wildman–Crippen LogP) is 4.22. The molecule has 2 aliphatic rings. The zero-order chi connectivity index (χ0) is 30.5. The fourth-order valence-electron chi connectivity index (χ4n) is 6.60. The zero-order valence-electron chi connectivity index (χ0n) is 26.2. The Bertz CT molecular complexity index is 779. The third kappa shape index (κ3) is 11.9. The summed E-state index contributed by atoms with van der Waals surface area (Å²) >= 11 is 0. The van der Waals surface area contributed by atoms with Gasteiger partial charge in [-0.2, -0.15) is 0 Å². The fraction of sp³-hybridized carbons (Fsp3) is 0.871. The Morgan fingerprint density at radius 1 is 0.610 bits per heavy atom. The van der Waals surface area contributed by atoms with Crippen LogP contribution in [0.15, 0.2) is 0 Å². The van der Waals surface area contributed by atoms with Gasteiger partial charge in [-0.05, 0) is 96.3 Å². The minimum absolute atomic E-state index is 0.0233. The van der Waals surface area contributed by atoms with Gasteiger partial charge in [-0.1, -0.05) is 13.8 Å². The van der Waals surface area contributed by atoms with Crippen molar-refractivity contribution < 1.29 is 38.1 Å². The van der Waals surface area contributed by atoms with Crippen LogP contribution in [0.3, 0.4) is 0 Å². The molecule has 2 atom stereocenters. The molecule has 10 nitrogen and oxygen atoms in total. The molecular formula is C31H54N2O8. The van der Waals surface area contributed by atoms with Gasteiger partial charge in [-0.25, -0.2) is 0 Å². The van der Waals surface area contributed by atoms with E-state index in [1.807, 2.05) is 0 Å². The van der Waals surface area contributed by atoms with Crippen LogP contribution in [0.25, 0.3) is 0 Å². The third-order valence-electron chi connectivity index (χ3n) is 8.61. The molecule has 2 fully saturated rings. The zero-order valence-corrected chi connectivity index (χ0v) is 26.2. The highest BCUT2D eigenvalue weighted by atomic mass is 16.5. The van der Waals surface area contributed by atoms with Gasteiger partial charge in [0.25, 0.3) is 0 Å². The van der Waals surface area contributed by atoms with Gasteiger partial charge in [-0.3, -0.25) is 19.2 Å². The van der Waals surface area contributed by atoms with Crippen LogP contribution < -0.4 is 10.6 Å². The molecule has 2 rings (SSSR count). The van der Waals surface area contributed by atoms with Crippen molar-refractivity contribution >= 4 is 23.9 Å². The average molecular weight is 583 g/mol. The van der Waals surface area contributed by atoms with Gasteiger partial charge < -0.3 is 29.6 Å². The standard InChI is InChI=1S/C31H54N2O8/c1-7-38-26(34)19-24(28(36)40-9-3)32-22-11-15-30(5,16-12-22)21-31(6)17-13-23(14-18-31)33-25(29(37)41-10-4)20-27(35)39-8-2/h22-25,32-33H,7-21H2,1-6H3/t22?,23?,24-,25-,30?,31?/m0/s1. The summed E-state index contributed by atoms with van der Waals surface area (Å²) in [7, 11) is 0. The molecule has 0 amide bonds. The predicted molar refractivity (Wildman–Crippen MR) is 155 cm³/mol. The molecule has 0 aliphatic heterocycles. The molecular weight excluding hydrogens is 528 g/mol. The first kappa shape index (κ1) is 35.0. The number of nitrogens with one attached hydrogen (secondary N) is 2. The summed E-state index contributed by atoms with van der Waals surface area (Å²) in [4.78, 5) is 49.1. The lowest BCUT2D eigenvalue weighted by Crippen LogP contribution is -2.49. The first-order valence-corrected chi connectivity index (χ1v) is 15.6. The van der Waals surface area contributed by atoms with Crippen molar-refractivity contribution in [3.8, 4) is 0 Å².